The Balaban J connectivity index is 1.43. The number of hydrogen-bond donors (Lipinski definition) is 0. The number of carbonyl (C=O) groups is 3. The van der Waals surface area contributed by atoms with Gasteiger partial charge in [-0.05, 0) is 53.2 Å². The Hall–Kier alpha value is -3.01. The second kappa shape index (κ2) is 10.9. The molecule has 178 valence electrons. The summed E-state index contributed by atoms with van der Waals surface area (Å²) in [6.45, 7) is 1.85. The summed E-state index contributed by atoms with van der Waals surface area (Å²) in [6.07, 6.45) is 1.60. The minimum atomic E-state index is -0.489. The lowest BCUT2D eigenvalue weighted by atomic mass is 10.1. The lowest BCUT2D eigenvalue weighted by molar-refractivity contribution is -0.139. The van der Waals surface area contributed by atoms with Gasteiger partial charge in [0, 0.05) is 18.1 Å². The number of carbonyl (C=O) groups excluding carboxylic acids is 3. The highest BCUT2D eigenvalue weighted by atomic mass is 35.5. The van der Waals surface area contributed by atoms with Crippen LogP contribution in [-0.2, 0) is 20.9 Å². The monoisotopic (exact) mass is 502 g/mol. The van der Waals surface area contributed by atoms with Gasteiger partial charge in [0.15, 0.2) is 11.5 Å². The van der Waals surface area contributed by atoms with Crippen LogP contribution in [0.15, 0.2) is 47.4 Å². The number of morpholine rings is 1. The van der Waals surface area contributed by atoms with Gasteiger partial charge in [0.25, 0.3) is 11.1 Å². The molecular formula is C24H23ClN2O6S. The minimum Gasteiger partial charge on any atom is -0.493 e. The molecule has 0 unspecified atom stereocenters. The standard InChI is InChI=1S/C24H23ClN2O6S/c1-31-20-12-16(5-6-19(20)33-15-17-3-2-4-18(25)11-17)13-21-23(29)27(24(30)34-21)14-22(28)26-7-9-32-10-8-26/h2-6,11-13H,7-10,14-15H2,1H3/b21-13-. The predicted octanol–water partition coefficient (Wildman–Crippen LogP) is 3.82. The van der Waals surface area contributed by atoms with Crippen LogP contribution >= 0.6 is 23.4 Å². The van der Waals surface area contributed by atoms with Gasteiger partial charge in [0.1, 0.15) is 13.2 Å². The van der Waals surface area contributed by atoms with E-state index in [1.54, 1.807) is 35.2 Å². The lowest BCUT2D eigenvalue weighted by Crippen LogP contribution is -2.46. The maximum atomic E-state index is 12.8. The normalized spacial score (nSPS) is 17.4. The molecule has 2 fully saturated rings. The summed E-state index contributed by atoms with van der Waals surface area (Å²) in [5, 5.41) is 0.162. The van der Waals surface area contributed by atoms with Crippen LogP contribution in [0.4, 0.5) is 4.79 Å². The molecule has 0 saturated carbocycles. The molecule has 0 atom stereocenters. The fourth-order valence-electron chi connectivity index (χ4n) is 3.52. The van der Waals surface area contributed by atoms with Gasteiger partial charge in [0.2, 0.25) is 5.91 Å². The van der Waals surface area contributed by atoms with Gasteiger partial charge in [0.05, 0.1) is 25.2 Å². The molecule has 2 heterocycles. The Labute approximate surface area is 206 Å². The first-order valence-corrected chi connectivity index (χ1v) is 11.8. The van der Waals surface area contributed by atoms with Gasteiger partial charge in [-0.2, -0.15) is 0 Å². The molecule has 0 spiro atoms. The van der Waals surface area contributed by atoms with Gasteiger partial charge in [-0.25, -0.2) is 0 Å². The van der Waals surface area contributed by atoms with Crippen molar-refractivity contribution in [1.29, 1.82) is 0 Å². The minimum absolute atomic E-state index is 0.245. The van der Waals surface area contributed by atoms with Crippen LogP contribution in [0.1, 0.15) is 11.1 Å². The van der Waals surface area contributed by atoms with Gasteiger partial charge >= 0.3 is 0 Å². The molecule has 0 aromatic heterocycles. The zero-order chi connectivity index (χ0) is 24.1. The molecular weight excluding hydrogens is 480 g/mol. The summed E-state index contributed by atoms with van der Waals surface area (Å²) in [7, 11) is 1.52. The Kier molecular flexibility index (Phi) is 7.77. The van der Waals surface area contributed by atoms with Crippen molar-refractivity contribution in [2.24, 2.45) is 0 Å². The van der Waals surface area contributed by atoms with E-state index >= 15 is 0 Å². The van der Waals surface area contributed by atoms with Gasteiger partial charge in [-0.15, -0.1) is 0 Å². The molecule has 0 radical (unpaired) electrons. The van der Waals surface area contributed by atoms with Crippen molar-refractivity contribution in [1.82, 2.24) is 9.80 Å². The number of imide groups is 1. The first kappa shape index (κ1) is 24.1. The third-order valence-electron chi connectivity index (χ3n) is 5.30. The summed E-state index contributed by atoms with van der Waals surface area (Å²) in [4.78, 5) is 40.5. The number of hydrogen-bond acceptors (Lipinski definition) is 7. The number of ether oxygens (including phenoxy) is 3. The number of methoxy groups -OCH3 is 1. The van der Waals surface area contributed by atoms with E-state index in [0.717, 1.165) is 22.2 Å². The van der Waals surface area contributed by atoms with Crippen molar-refractivity contribution in [3.05, 3.63) is 63.5 Å². The molecule has 10 heteroatoms. The van der Waals surface area contributed by atoms with Crippen LogP contribution < -0.4 is 9.47 Å². The molecule has 2 aliphatic rings. The number of amides is 3. The van der Waals surface area contributed by atoms with Crippen molar-refractivity contribution in [3.8, 4) is 11.5 Å². The van der Waals surface area contributed by atoms with Crippen LogP contribution in [-0.4, -0.2) is 66.8 Å². The van der Waals surface area contributed by atoms with Crippen LogP contribution in [0.5, 0.6) is 11.5 Å². The molecule has 2 aliphatic heterocycles. The van der Waals surface area contributed by atoms with Crippen molar-refractivity contribution in [2.75, 3.05) is 40.0 Å². The summed E-state index contributed by atoms with van der Waals surface area (Å²) in [6, 6.07) is 12.6. The Morgan fingerprint density at radius 3 is 2.68 bits per heavy atom. The summed E-state index contributed by atoms with van der Waals surface area (Å²) in [5.41, 5.74) is 1.58. The summed E-state index contributed by atoms with van der Waals surface area (Å²) in [5.74, 6) is 0.257. The van der Waals surface area contributed by atoms with Gasteiger partial charge < -0.3 is 19.1 Å². The second-order valence-corrected chi connectivity index (χ2v) is 9.02. The molecule has 2 aromatic carbocycles. The topological polar surface area (TPSA) is 85.4 Å². The number of benzene rings is 2. The highest BCUT2D eigenvalue weighted by Gasteiger charge is 2.37. The van der Waals surface area contributed by atoms with Crippen LogP contribution in [0.2, 0.25) is 5.02 Å². The zero-order valence-corrected chi connectivity index (χ0v) is 20.1. The van der Waals surface area contributed by atoms with Gasteiger partial charge in [-0.1, -0.05) is 29.8 Å². The highest BCUT2D eigenvalue weighted by molar-refractivity contribution is 8.18. The molecule has 2 aromatic rings. The highest BCUT2D eigenvalue weighted by Crippen LogP contribution is 2.35. The van der Waals surface area contributed by atoms with E-state index in [9.17, 15) is 14.4 Å². The Bertz CT molecular complexity index is 1130. The van der Waals surface area contributed by atoms with Crippen LogP contribution in [0, 0.1) is 0 Å². The summed E-state index contributed by atoms with van der Waals surface area (Å²) >= 11 is 6.83. The molecule has 0 N–H and O–H groups in total. The quantitative estimate of drug-likeness (QED) is 0.532. The first-order valence-electron chi connectivity index (χ1n) is 10.6. The third kappa shape index (κ3) is 5.72. The molecule has 34 heavy (non-hydrogen) atoms. The van der Waals surface area contributed by atoms with E-state index in [0.29, 0.717) is 55.0 Å². The maximum absolute atomic E-state index is 12.8. The molecule has 3 amide bonds. The van der Waals surface area contributed by atoms with E-state index in [4.69, 9.17) is 25.8 Å². The zero-order valence-electron chi connectivity index (χ0n) is 18.5. The number of nitrogens with zero attached hydrogens (tertiary/aromatic N) is 2. The van der Waals surface area contributed by atoms with Crippen molar-refractivity contribution >= 4 is 46.5 Å². The van der Waals surface area contributed by atoms with E-state index in [1.807, 2.05) is 18.2 Å². The second-order valence-electron chi connectivity index (χ2n) is 7.59. The number of thioether (sulfide) groups is 1. The average Bonchev–Trinajstić information content (AvgIpc) is 3.11. The SMILES string of the molecule is COc1cc(/C=C2\SC(=O)N(CC(=O)N3CCOCC3)C2=O)ccc1OCc1cccc(Cl)c1. The van der Waals surface area contributed by atoms with Crippen LogP contribution in [0.25, 0.3) is 6.08 Å². The average molecular weight is 503 g/mol. The van der Waals surface area contributed by atoms with E-state index in [1.165, 1.54) is 7.11 Å². The van der Waals surface area contributed by atoms with Crippen LogP contribution in [0.3, 0.4) is 0 Å². The lowest BCUT2D eigenvalue weighted by Gasteiger charge is -2.28. The largest absolute Gasteiger partial charge is 0.493 e. The maximum Gasteiger partial charge on any atom is 0.294 e. The van der Waals surface area contributed by atoms with E-state index in [2.05, 4.69) is 0 Å². The Morgan fingerprint density at radius 1 is 1.15 bits per heavy atom. The predicted molar refractivity (Wildman–Crippen MR) is 129 cm³/mol. The number of halogens is 1. The molecule has 0 bridgehead atoms. The third-order valence-corrected chi connectivity index (χ3v) is 6.44. The first-order chi connectivity index (χ1) is 16.4. The molecule has 4 rings (SSSR count). The van der Waals surface area contributed by atoms with Crippen molar-refractivity contribution < 1.29 is 28.6 Å². The molecule has 8 nitrogen and oxygen atoms in total. The fourth-order valence-corrected chi connectivity index (χ4v) is 4.57. The summed E-state index contributed by atoms with van der Waals surface area (Å²) < 4.78 is 16.5. The van der Waals surface area contributed by atoms with Gasteiger partial charge in [-0.3, -0.25) is 19.3 Å². The van der Waals surface area contributed by atoms with Crippen molar-refractivity contribution in [3.63, 3.8) is 0 Å². The van der Waals surface area contributed by atoms with E-state index < -0.39 is 11.1 Å². The molecule has 2 saturated heterocycles. The fraction of sp³-hybridized carbons (Fsp3) is 0.292. The number of rotatable bonds is 7. The molecule has 0 aliphatic carbocycles. The smallest absolute Gasteiger partial charge is 0.294 e. The van der Waals surface area contributed by atoms with Crippen molar-refractivity contribution in [2.45, 2.75) is 6.61 Å². The van der Waals surface area contributed by atoms with E-state index in [-0.39, 0.29) is 17.4 Å². The Morgan fingerprint density at radius 2 is 1.94 bits per heavy atom.